The van der Waals surface area contributed by atoms with Crippen molar-refractivity contribution in [2.45, 2.75) is 6.04 Å². The summed E-state index contributed by atoms with van der Waals surface area (Å²) in [6, 6.07) is 2.15. The van der Waals surface area contributed by atoms with Gasteiger partial charge in [0, 0.05) is 31.0 Å². The highest BCUT2D eigenvalue weighted by Crippen LogP contribution is 2.03. The zero-order chi connectivity index (χ0) is 14.4. The second-order valence-electron chi connectivity index (χ2n) is 4.38. The lowest BCUT2D eigenvalue weighted by atomic mass is 10.2. The lowest BCUT2D eigenvalue weighted by molar-refractivity contribution is -0.138. The zero-order valence-electron chi connectivity index (χ0n) is 11.0. The third-order valence-corrected chi connectivity index (χ3v) is 3.05. The number of nitrogens with one attached hydrogen (secondary N) is 1. The average Bonchev–Trinajstić information content (AvgIpc) is 2.53. The minimum absolute atomic E-state index is 0.293. The van der Waals surface area contributed by atoms with Gasteiger partial charge in [-0.25, -0.2) is 0 Å². The van der Waals surface area contributed by atoms with Crippen molar-refractivity contribution >= 4 is 11.8 Å². The number of aromatic nitrogens is 1. The van der Waals surface area contributed by atoms with Crippen LogP contribution in [0, 0.1) is 0 Å². The molecular formula is C13H17N3O4. The fourth-order valence-electron chi connectivity index (χ4n) is 1.93. The lowest BCUT2D eigenvalue weighted by Crippen LogP contribution is -2.53. The van der Waals surface area contributed by atoms with E-state index in [0.717, 1.165) is 0 Å². The average molecular weight is 279 g/mol. The molecule has 0 radical (unpaired) electrons. The Morgan fingerprint density at radius 2 is 2.00 bits per heavy atom. The summed E-state index contributed by atoms with van der Waals surface area (Å²) in [6.45, 7) is 1.46. The number of aliphatic hydroxyl groups excluding tert-OH is 1. The monoisotopic (exact) mass is 279 g/mol. The fraction of sp³-hybridized carbons (Fsp3) is 0.462. The molecule has 2 N–H and O–H groups in total. The molecule has 0 aromatic carbocycles. The Morgan fingerprint density at radius 1 is 1.35 bits per heavy atom. The van der Waals surface area contributed by atoms with Gasteiger partial charge in [-0.05, 0) is 12.1 Å². The molecule has 1 saturated heterocycles. The van der Waals surface area contributed by atoms with Crippen LogP contribution in [0.3, 0.4) is 0 Å². The largest absolute Gasteiger partial charge is 0.394 e. The minimum Gasteiger partial charge on any atom is -0.394 e. The summed E-state index contributed by atoms with van der Waals surface area (Å²) in [6.07, 6.45) is 2.99. The molecule has 0 unspecified atom stereocenters. The molecule has 1 fully saturated rings. The standard InChI is InChI=1S/C13H17N3O4/c17-9-11(13(19)16-5-7-20-8-6-16)15-12(18)10-1-3-14-4-2-10/h1-4,11,17H,5-9H2,(H,15,18)/t11-/m0/s1. The van der Waals surface area contributed by atoms with Crippen molar-refractivity contribution in [1.29, 1.82) is 0 Å². The summed E-state index contributed by atoms with van der Waals surface area (Å²) >= 11 is 0. The van der Waals surface area contributed by atoms with E-state index < -0.39 is 18.6 Å². The molecule has 1 aromatic heterocycles. The molecular weight excluding hydrogens is 262 g/mol. The molecule has 2 amide bonds. The van der Waals surface area contributed by atoms with E-state index in [1.165, 1.54) is 12.4 Å². The van der Waals surface area contributed by atoms with Crippen LogP contribution in [0.4, 0.5) is 0 Å². The normalized spacial score (nSPS) is 16.6. The molecule has 0 saturated carbocycles. The van der Waals surface area contributed by atoms with Crippen molar-refractivity contribution in [2.75, 3.05) is 32.9 Å². The van der Waals surface area contributed by atoms with Gasteiger partial charge in [0.1, 0.15) is 6.04 Å². The van der Waals surface area contributed by atoms with Gasteiger partial charge in [-0.15, -0.1) is 0 Å². The fourth-order valence-corrected chi connectivity index (χ4v) is 1.93. The van der Waals surface area contributed by atoms with Crippen LogP contribution in [0.5, 0.6) is 0 Å². The van der Waals surface area contributed by atoms with Gasteiger partial charge < -0.3 is 20.1 Å². The molecule has 0 spiro atoms. The van der Waals surface area contributed by atoms with Crippen LogP contribution in [0.25, 0.3) is 0 Å². The molecule has 108 valence electrons. The van der Waals surface area contributed by atoms with Crippen molar-refractivity contribution in [3.8, 4) is 0 Å². The first kappa shape index (κ1) is 14.4. The van der Waals surface area contributed by atoms with Gasteiger partial charge in [-0.2, -0.15) is 0 Å². The predicted octanol–water partition coefficient (Wildman–Crippen LogP) is -0.969. The van der Waals surface area contributed by atoms with Gasteiger partial charge in [-0.3, -0.25) is 14.6 Å². The van der Waals surface area contributed by atoms with Gasteiger partial charge in [-0.1, -0.05) is 0 Å². The maximum atomic E-state index is 12.2. The van der Waals surface area contributed by atoms with E-state index in [9.17, 15) is 14.7 Å². The van der Waals surface area contributed by atoms with E-state index in [4.69, 9.17) is 4.74 Å². The topological polar surface area (TPSA) is 91.8 Å². The van der Waals surface area contributed by atoms with Crippen LogP contribution in [0.15, 0.2) is 24.5 Å². The number of morpholine rings is 1. The molecule has 20 heavy (non-hydrogen) atoms. The minimum atomic E-state index is -0.936. The lowest BCUT2D eigenvalue weighted by Gasteiger charge is -2.30. The van der Waals surface area contributed by atoms with Crippen LogP contribution in [-0.4, -0.2) is 65.8 Å². The molecule has 1 aliphatic heterocycles. The van der Waals surface area contributed by atoms with Crippen LogP contribution in [0.2, 0.25) is 0 Å². The Morgan fingerprint density at radius 3 is 2.60 bits per heavy atom. The highest BCUT2D eigenvalue weighted by Gasteiger charge is 2.26. The molecule has 0 bridgehead atoms. The number of nitrogens with zero attached hydrogens (tertiary/aromatic N) is 2. The van der Waals surface area contributed by atoms with Crippen molar-refractivity contribution in [1.82, 2.24) is 15.2 Å². The van der Waals surface area contributed by atoms with Crippen LogP contribution >= 0.6 is 0 Å². The van der Waals surface area contributed by atoms with Gasteiger partial charge in [0.2, 0.25) is 5.91 Å². The van der Waals surface area contributed by atoms with E-state index in [-0.39, 0.29) is 5.91 Å². The summed E-state index contributed by atoms with van der Waals surface area (Å²) in [5.41, 5.74) is 0.397. The second kappa shape index (κ2) is 6.97. The van der Waals surface area contributed by atoms with Gasteiger partial charge in [0.25, 0.3) is 5.91 Å². The number of carbonyl (C=O) groups is 2. The summed E-state index contributed by atoms with van der Waals surface area (Å²) < 4.78 is 5.16. The van der Waals surface area contributed by atoms with E-state index >= 15 is 0 Å². The van der Waals surface area contributed by atoms with E-state index in [1.807, 2.05) is 0 Å². The third-order valence-electron chi connectivity index (χ3n) is 3.05. The van der Waals surface area contributed by atoms with Crippen molar-refractivity contribution in [2.24, 2.45) is 0 Å². The number of hydrogen-bond acceptors (Lipinski definition) is 5. The molecule has 7 nitrogen and oxygen atoms in total. The smallest absolute Gasteiger partial charge is 0.252 e. The molecule has 1 aromatic rings. The first-order chi connectivity index (χ1) is 9.72. The number of aliphatic hydroxyl groups is 1. The predicted molar refractivity (Wildman–Crippen MR) is 70.0 cm³/mol. The number of carbonyl (C=O) groups excluding carboxylic acids is 2. The van der Waals surface area contributed by atoms with Gasteiger partial charge >= 0.3 is 0 Å². The maximum absolute atomic E-state index is 12.2. The van der Waals surface area contributed by atoms with Crippen molar-refractivity contribution < 1.29 is 19.4 Å². The quantitative estimate of drug-likeness (QED) is 0.740. The molecule has 7 heteroatoms. The number of rotatable bonds is 4. The van der Waals surface area contributed by atoms with Crippen LogP contribution in [-0.2, 0) is 9.53 Å². The number of amides is 2. The SMILES string of the molecule is O=C(N[C@@H](CO)C(=O)N1CCOCC1)c1ccncc1. The zero-order valence-corrected chi connectivity index (χ0v) is 11.0. The van der Waals surface area contributed by atoms with Crippen molar-refractivity contribution in [3.63, 3.8) is 0 Å². The van der Waals surface area contributed by atoms with Crippen LogP contribution in [0.1, 0.15) is 10.4 Å². The Kier molecular flexibility index (Phi) is 5.03. The Bertz CT molecular complexity index is 460. The van der Waals surface area contributed by atoms with Gasteiger partial charge in [0.15, 0.2) is 0 Å². The summed E-state index contributed by atoms with van der Waals surface area (Å²) in [5, 5.41) is 11.8. The van der Waals surface area contributed by atoms with E-state index in [0.29, 0.717) is 31.9 Å². The Balaban J connectivity index is 1.97. The van der Waals surface area contributed by atoms with Gasteiger partial charge in [0.05, 0.1) is 19.8 Å². The molecule has 1 aliphatic rings. The number of ether oxygens (including phenoxy) is 1. The summed E-state index contributed by atoms with van der Waals surface area (Å²) in [4.78, 5) is 29.5. The van der Waals surface area contributed by atoms with Crippen LogP contribution < -0.4 is 5.32 Å². The number of hydrogen-bond donors (Lipinski definition) is 2. The Labute approximate surface area is 116 Å². The second-order valence-corrected chi connectivity index (χ2v) is 4.38. The molecule has 2 heterocycles. The van der Waals surface area contributed by atoms with E-state index in [1.54, 1.807) is 17.0 Å². The highest BCUT2D eigenvalue weighted by molar-refractivity contribution is 5.97. The molecule has 2 rings (SSSR count). The van der Waals surface area contributed by atoms with E-state index in [2.05, 4.69) is 10.3 Å². The molecule has 0 aliphatic carbocycles. The number of pyridine rings is 1. The Hall–Kier alpha value is -1.99. The highest BCUT2D eigenvalue weighted by atomic mass is 16.5. The summed E-state index contributed by atoms with van der Waals surface area (Å²) in [7, 11) is 0. The third kappa shape index (κ3) is 3.52. The summed E-state index contributed by atoms with van der Waals surface area (Å²) in [5.74, 6) is -0.703. The first-order valence-corrected chi connectivity index (χ1v) is 6.40. The molecule has 1 atom stereocenters. The maximum Gasteiger partial charge on any atom is 0.252 e. The first-order valence-electron chi connectivity index (χ1n) is 6.40. The van der Waals surface area contributed by atoms with Crippen molar-refractivity contribution in [3.05, 3.63) is 30.1 Å².